The average Bonchev–Trinajstić information content (AvgIpc) is 2.43. The van der Waals surface area contributed by atoms with E-state index in [4.69, 9.17) is 15.3 Å². The molecule has 1 rings (SSSR count). The van der Waals surface area contributed by atoms with E-state index in [2.05, 4.69) is 4.74 Å². The zero-order valence-corrected chi connectivity index (χ0v) is 7.15. The lowest BCUT2D eigenvalue weighted by atomic mass is 10.0. The third-order valence-electron chi connectivity index (χ3n) is 2.07. The van der Waals surface area contributed by atoms with Crippen molar-refractivity contribution in [2.45, 2.75) is 30.5 Å². The van der Waals surface area contributed by atoms with Crippen LogP contribution in [0.5, 0.6) is 0 Å². The van der Waals surface area contributed by atoms with Crippen molar-refractivity contribution >= 4 is 5.97 Å². The molecule has 0 aromatic carbocycles. The fourth-order valence-corrected chi connectivity index (χ4v) is 1.19. The second-order valence-electron chi connectivity index (χ2n) is 3.08. The van der Waals surface area contributed by atoms with Crippen molar-refractivity contribution in [2.24, 2.45) is 0 Å². The Labute approximate surface area is 79.2 Å². The highest BCUT2D eigenvalue weighted by atomic mass is 16.6. The lowest BCUT2D eigenvalue weighted by Gasteiger charge is -2.23. The maximum absolute atomic E-state index is 10.7. The first-order valence-corrected chi connectivity index (χ1v) is 4.02. The zero-order chi connectivity index (χ0) is 10.9. The second kappa shape index (κ2) is 4.20. The summed E-state index contributed by atoms with van der Waals surface area (Å²) in [6, 6.07) is 0. The number of rotatable bonds is 3. The van der Waals surface area contributed by atoms with E-state index in [9.17, 15) is 15.0 Å². The normalized spacial score (nSPS) is 36.6. The van der Waals surface area contributed by atoms with Crippen LogP contribution in [0.1, 0.15) is 0 Å². The van der Waals surface area contributed by atoms with Crippen molar-refractivity contribution in [2.75, 3.05) is 6.61 Å². The highest BCUT2D eigenvalue weighted by molar-refractivity contribution is 5.77. The maximum Gasteiger partial charge on any atom is 0.338 e. The third kappa shape index (κ3) is 1.86. The molecule has 0 aromatic rings. The first kappa shape index (κ1) is 11.3. The number of aliphatic hydroxyl groups is 5. The fourth-order valence-electron chi connectivity index (χ4n) is 1.19. The van der Waals surface area contributed by atoms with Gasteiger partial charge in [0.15, 0.2) is 12.2 Å². The van der Waals surface area contributed by atoms with E-state index in [1.54, 1.807) is 0 Å². The summed E-state index contributed by atoms with van der Waals surface area (Å²) in [5.41, 5.74) is 0. The van der Waals surface area contributed by atoms with Gasteiger partial charge < -0.3 is 30.3 Å². The summed E-state index contributed by atoms with van der Waals surface area (Å²) < 4.78 is 4.41. The van der Waals surface area contributed by atoms with Crippen LogP contribution < -0.4 is 0 Å². The Morgan fingerprint density at radius 3 is 2.29 bits per heavy atom. The van der Waals surface area contributed by atoms with Crippen molar-refractivity contribution in [1.29, 1.82) is 0 Å². The van der Waals surface area contributed by atoms with E-state index < -0.39 is 43.1 Å². The zero-order valence-electron chi connectivity index (χ0n) is 7.15. The molecule has 0 radical (unpaired) electrons. The predicted molar refractivity (Wildman–Crippen MR) is 41.0 cm³/mol. The van der Waals surface area contributed by atoms with Crippen LogP contribution in [0.3, 0.4) is 0 Å². The topological polar surface area (TPSA) is 127 Å². The summed E-state index contributed by atoms with van der Waals surface area (Å²) in [4.78, 5) is 10.7. The molecule has 0 bridgehead atoms. The van der Waals surface area contributed by atoms with Crippen LogP contribution in [-0.2, 0) is 9.53 Å². The summed E-state index contributed by atoms with van der Waals surface area (Å²) in [5, 5.41) is 44.9. The Bertz CT molecular complexity index is 218. The summed E-state index contributed by atoms with van der Waals surface area (Å²) >= 11 is 0. The molecule has 1 fully saturated rings. The second-order valence-corrected chi connectivity index (χ2v) is 3.08. The van der Waals surface area contributed by atoms with Gasteiger partial charge in [0.05, 0.1) is 6.61 Å². The number of ether oxygens (including phenoxy) is 1. The van der Waals surface area contributed by atoms with Crippen molar-refractivity contribution < 1.29 is 35.1 Å². The first-order valence-electron chi connectivity index (χ1n) is 4.02. The number of cyclic esters (lactones) is 1. The van der Waals surface area contributed by atoms with Gasteiger partial charge in [-0.05, 0) is 0 Å². The van der Waals surface area contributed by atoms with Crippen molar-refractivity contribution in [3.63, 3.8) is 0 Å². The molecule has 14 heavy (non-hydrogen) atoms. The molecular weight excluding hydrogens is 196 g/mol. The van der Waals surface area contributed by atoms with Gasteiger partial charge in [-0.1, -0.05) is 0 Å². The summed E-state index contributed by atoms with van der Waals surface area (Å²) in [5.74, 6) is -1.06. The first-order chi connectivity index (χ1) is 6.49. The molecule has 7 heteroatoms. The van der Waals surface area contributed by atoms with Gasteiger partial charge in [-0.3, -0.25) is 0 Å². The average molecular weight is 208 g/mol. The summed E-state index contributed by atoms with van der Waals surface area (Å²) in [6.45, 7) is -0.738. The van der Waals surface area contributed by atoms with E-state index >= 15 is 0 Å². The van der Waals surface area contributed by atoms with Crippen LogP contribution in [0.4, 0.5) is 0 Å². The Morgan fingerprint density at radius 1 is 1.36 bits per heavy atom. The van der Waals surface area contributed by atoms with Gasteiger partial charge in [-0.25, -0.2) is 4.79 Å². The number of aliphatic hydroxyl groups excluding tert-OH is 5. The van der Waals surface area contributed by atoms with Crippen LogP contribution in [-0.4, -0.2) is 68.6 Å². The van der Waals surface area contributed by atoms with E-state index in [0.717, 1.165) is 0 Å². The SMILES string of the molecule is O=C1O[C@H](C(O)C(O)CO)[C@@H](O)[C@H]1O. The number of carbonyl (C=O) groups is 1. The molecular formula is C7H12O7. The molecule has 0 saturated carbocycles. The Balaban J connectivity index is 2.66. The lowest BCUT2D eigenvalue weighted by Crippen LogP contribution is -2.46. The fraction of sp³-hybridized carbons (Fsp3) is 0.857. The Morgan fingerprint density at radius 2 is 1.93 bits per heavy atom. The lowest BCUT2D eigenvalue weighted by molar-refractivity contribution is -0.155. The van der Waals surface area contributed by atoms with Crippen LogP contribution in [0.25, 0.3) is 0 Å². The molecule has 5 atom stereocenters. The van der Waals surface area contributed by atoms with E-state index in [1.807, 2.05) is 0 Å². The number of carbonyl (C=O) groups excluding carboxylic acids is 1. The summed E-state index contributed by atoms with van der Waals surface area (Å²) in [6.07, 6.45) is -7.90. The molecule has 1 saturated heterocycles. The van der Waals surface area contributed by atoms with E-state index in [-0.39, 0.29) is 0 Å². The van der Waals surface area contributed by atoms with Crippen molar-refractivity contribution in [1.82, 2.24) is 0 Å². The molecule has 0 aliphatic carbocycles. The number of hydrogen-bond acceptors (Lipinski definition) is 7. The highest BCUT2D eigenvalue weighted by Gasteiger charge is 2.47. The molecule has 1 heterocycles. The van der Waals surface area contributed by atoms with Gasteiger partial charge in [-0.15, -0.1) is 0 Å². The Hall–Kier alpha value is -0.730. The van der Waals surface area contributed by atoms with Gasteiger partial charge in [0.1, 0.15) is 18.3 Å². The Kier molecular flexibility index (Phi) is 3.40. The van der Waals surface area contributed by atoms with Crippen molar-refractivity contribution in [3.05, 3.63) is 0 Å². The minimum absolute atomic E-state index is 0.738. The highest BCUT2D eigenvalue weighted by Crippen LogP contribution is 2.20. The molecule has 1 aliphatic rings. The number of esters is 1. The van der Waals surface area contributed by atoms with Crippen LogP contribution in [0, 0.1) is 0 Å². The van der Waals surface area contributed by atoms with Gasteiger partial charge in [0.2, 0.25) is 0 Å². The van der Waals surface area contributed by atoms with Crippen LogP contribution in [0.2, 0.25) is 0 Å². The monoisotopic (exact) mass is 208 g/mol. The van der Waals surface area contributed by atoms with Crippen molar-refractivity contribution in [3.8, 4) is 0 Å². The molecule has 0 amide bonds. The van der Waals surface area contributed by atoms with Gasteiger partial charge in [0.25, 0.3) is 0 Å². The molecule has 7 nitrogen and oxygen atoms in total. The number of hydrogen-bond donors (Lipinski definition) is 5. The minimum atomic E-state index is -1.72. The van der Waals surface area contributed by atoms with Gasteiger partial charge in [0, 0.05) is 0 Å². The molecule has 0 spiro atoms. The molecule has 2 unspecified atom stereocenters. The summed E-state index contributed by atoms with van der Waals surface area (Å²) in [7, 11) is 0. The van der Waals surface area contributed by atoms with Crippen LogP contribution in [0.15, 0.2) is 0 Å². The molecule has 5 N–H and O–H groups in total. The minimum Gasteiger partial charge on any atom is -0.455 e. The van der Waals surface area contributed by atoms with Gasteiger partial charge >= 0.3 is 5.97 Å². The molecule has 82 valence electrons. The van der Waals surface area contributed by atoms with E-state index in [1.165, 1.54) is 0 Å². The largest absolute Gasteiger partial charge is 0.455 e. The van der Waals surface area contributed by atoms with Crippen LogP contribution >= 0.6 is 0 Å². The quantitative estimate of drug-likeness (QED) is 0.302. The maximum atomic E-state index is 10.7. The molecule has 0 aromatic heterocycles. The predicted octanol–water partition coefficient (Wildman–Crippen LogP) is -3.65. The van der Waals surface area contributed by atoms with E-state index in [0.29, 0.717) is 0 Å². The molecule has 1 aliphatic heterocycles. The standard InChI is InChI=1S/C7H12O7/c8-1-2(9)3(10)6-4(11)5(12)7(13)14-6/h2-6,8-12H,1H2/t2?,3?,4-,5+,6+/m0/s1. The van der Waals surface area contributed by atoms with Gasteiger partial charge in [-0.2, -0.15) is 0 Å². The smallest absolute Gasteiger partial charge is 0.338 e. The third-order valence-corrected chi connectivity index (χ3v) is 2.07.